The molecule has 2 aliphatic heterocycles. The van der Waals surface area contributed by atoms with Crippen LogP contribution in [0.1, 0.15) is 46.8 Å². The summed E-state index contributed by atoms with van der Waals surface area (Å²) in [4.78, 5) is 22.3. The van der Waals surface area contributed by atoms with Crippen molar-refractivity contribution in [1.29, 1.82) is 0 Å². The number of nitrogens with one attached hydrogen (secondary N) is 2. The van der Waals surface area contributed by atoms with Gasteiger partial charge in [-0.05, 0) is 66.6 Å². The maximum absolute atomic E-state index is 14.9. The molecule has 6 rings (SSSR count). The lowest BCUT2D eigenvalue weighted by molar-refractivity contribution is -0.140. The average molecular weight is 739 g/mol. The Morgan fingerprint density at radius 2 is 1.32 bits per heavy atom. The van der Waals surface area contributed by atoms with Crippen LogP contribution in [-0.4, -0.2) is 48.6 Å². The Hall–Kier alpha value is -4.04. The number of aromatic nitrogens is 1. The van der Waals surface area contributed by atoms with Gasteiger partial charge in [-0.1, -0.05) is 53.5 Å². The normalized spacial score (nSPS) is 21.4. The van der Waals surface area contributed by atoms with Crippen molar-refractivity contribution in [3.8, 4) is 5.75 Å². The van der Waals surface area contributed by atoms with Crippen LogP contribution in [0.5, 0.6) is 5.75 Å². The van der Waals surface area contributed by atoms with Gasteiger partial charge in [0, 0.05) is 48.0 Å². The molecule has 2 aliphatic rings. The van der Waals surface area contributed by atoms with Crippen LogP contribution in [0.25, 0.3) is 0 Å². The molecule has 50 heavy (non-hydrogen) atoms. The van der Waals surface area contributed by atoms with E-state index in [1.54, 1.807) is 65.3 Å². The second-order valence-corrected chi connectivity index (χ2v) is 12.8. The van der Waals surface area contributed by atoms with Gasteiger partial charge in [0.15, 0.2) is 5.66 Å². The first-order chi connectivity index (χ1) is 23.7. The fourth-order valence-corrected chi connectivity index (χ4v) is 6.61. The maximum atomic E-state index is 14.9. The van der Waals surface area contributed by atoms with Crippen molar-refractivity contribution in [2.45, 2.75) is 37.0 Å². The first-order valence-corrected chi connectivity index (χ1v) is 16.4. The number of amides is 1. The number of ether oxygens (including phenoxy) is 1. The molecule has 1 aromatic heterocycles. The van der Waals surface area contributed by atoms with Crippen LogP contribution in [0.4, 0.5) is 32.2 Å². The van der Waals surface area contributed by atoms with Gasteiger partial charge in [0.05, 0.1) is 29.8 Å². The first-order valence-electron chi connectivity index (χ1n) is 15.7. The van der Waals surface area contributed by atoms with E-state index in [0.29, 0.717) is 15.9 Å². The maximum Gasteiger partial charge on any atom is 0.417 e. The van der Waals surface area contributed by atoms with E-state index in [1.807, 2.05) is 0 Å². The summed E-state index contributed by atoms with van der Waals surface area (Å²) in [5.41, 5.74) is -1.95. The highest BCUT2D eigenvalue weighted by Gasteiger charge is 2.55. The number of rotatable bonds is 7. The van der Waals surface area contributed by atoms with Crippen molar-refractivity contribution in [2.24, 2.45) is 0 Å². The molecule has 7 nitrogen and oxygen atoms in total. The van der Waals surface area contributed by atoms with Crippen LogP contribution in [0.3, 0.4) is 0 Å². The molecule has 0 bridgehead atoms. The molecule has 2 atom stereocenters. The van der Waals surface area contributed by atoms with Crippen LogP contribution >= 0.6 is 23.2 Å². The molecule has 2 saturated heterocycles. The number of pyridine rings is 1. The van der Waals surface area contributed by atoms with Gasteiger partial charge in [-0.3, -0.25) is 15.4 Å². The fraction of sp³-hybridized carbons (Fsp3) is 0.314. The van der Waals surface area contributed by atoms with Crippen LogP contribution in [0.2, 0.25) is 10.0 Å². The van der Waals surface area contributed by atoms with Gasteiger partial charge < -0.3 is 14.5 Å². The number of alkyl halides is 6. The number of nitrogens with zero attached hydrogens (tertiary/aromatic N) is 3. The highest BCUT2D eigenvalue weighted by atomic mass is 35.5. The molecule has 3 heterocycles. The Morgan fingerprint density at radius 3 is 1.78 bits per heavy atom. The Kier molecular flexibility index (Phi) is 9.97. The third-order valence-corrected chi connectivity index (χ3v) is 9.34. The zero-order valence-electron chi connectivity index (χ0n) is 26.5. The number of piperazine rings is 1. The van der Waals surface area contributed by atoms with E-state index in [0.717, 1.165) is 35.5 Å². The van der Waals surface area contributed by atoms with E-state index in [2.05, 4.69) is 15.6 Å². The Bertz CT molecular complexity index is 1760. The minimum atomic E-state index is -4.67. The largest absolute Gasteiger partial charge is 0.493 e. The summed E-state index contributed by atoms with van der Waals surface area (Å²) >= 11 is 12.4. The van der Waals surface area contributed by atoms with E-state index >= 15 is 0 Å². The monoisotopic (exact) mass is 737 g/mol. The van der Waals surface area contributed by atoms with Gasteiger partial charge in [-0.2, -0.15) is 26.3 Å². The smallest absolute Gasteiger partial charge is 0.417 e. The first kappa shape index (κ1) is 35.8. The molecular weight excluding hydrogens is 707 g/mol. The van der Waals surface area contributed by atoms with Crippen LogP contribution in [0, 0.1) is 0 Å². The molecule has 0 spiro atoms. The quantitative estimate of drug-likeness (QED) is 0.188. The van der Waals surface area contributed by atoms with Gasteiger partial charge in [-0.25, -0.2) is 4.98 Å². The van der Waals surface area contributed by atoms with E-state index in [1.165, 1.54) is 12.1 Å². The molecule has 1 amide bonds. The third-order valence-electron chi connectivity index (χ3n) is 8.84. The summed E-state index contributed by atoms with van der Waals surface area (Å²) in [7, 11) is 0. The van der Waals surface area contributed by atoms with Gasteiger partial charge >= 0.3 is 12.4 Å². The molecule has 15 heteroatoms. The standard InChI is InChI=1S/C35H31Cl2F6N5O2/c1-2-50-28-19-23(34(38,39)40)7-13-27(28)33(32(49)48-17-15-47(16-18-48)29-14-8-24(20-44-29)35(41,42)43)45-30(21-3-9-25(36)10-4-21)31(46-33)22-5-11-26(37)12-6-22/h3-14,19-20,30-31,45-46H,2,15-18H2,1H3. The summed E-state index contributed by atoms with van der Waals surface area (Å²) in [6.45, 7) is 2.44. The third kappa shape index (κ3) is 7.23. The van der Waals surface area contributed by atoms with Gasteiger partial charge in [0.25, 0.3) is 5.91 Å². The molecule has 264 valence electrons. The lowest BCUT2D eigenvalue weighted by Gasteiger charge is -2.41. The number of carbonyl (C=O) groups is 1. The molecule has 2 unspecified atom stereocenters. The number of carbonyl (C=O) groups excluding carboxylic acids is 1. The average Bonchev–Trinajstić information content (AvgIpc) is 3.50. The zero-order valence-corrected chi connectivity index (χ0v) is 28.0. The minimum absolute atomic E-state index is 0.0264. The molecule has 2 N–H and O–H groups in total. The number of benzene rings is 3. The summed E-state index contributed by atoms with van der Waals surface area (Å²) in [5.74, 6) is -0.285. The topological polar surface area (TPSA) is 69.7 Å². The van der Waals surface area contributed by atoms with Crippen LogP contribution < -0.4 is 20.3 Å². The molecule has 3 aromatic carbocycles. The van der Waals surface area contributed by atoms with E-state index in [4.69, 9.17) is 27.9 Å². The minimum Gasteiger partial charge on any atom is -0.493 e. The summed E-state index contributed by atoms with van der Waals surface area (Å²) in [6.07, 6.45) is -8.43. The summed E-state index contributed by atoms with van der Waals surface area (Å²) < 4.78 is 86.8. The van der Waals surface area contributed by atoms with Gasteiger partial charge in [-0.15, -0.1) is 0 Å². The van der Waals surface area contributed by atoms with Crippen LogP contribution in [0.15, 0.2) is 85.1 Å². The molecule has 0 radical (unpaired) electrons. The lowest BCUT2D eigenvalue weighted by Crippen LogP contribution is -2.62. The second-order valence-electron chi connectivity index (χ2n) is 11.9. The Labute approximate surface area is 294 Å². The number of hydrogen-bond donors (Lipinski definition) is 2. The van der Waals surface area contributed by atoms with Crippen molar-refractivity contribution in [1.82, 2.24) is 20.5 Å². The van der Waals surface area contributed by atoms with E-state index in [9.17, 15) is 31.1 Å². The van der Waals surface area contributed by atoms with Crippen molar-refractivity contribution in [3.05, 3.63) is 123 Å². The number of anilines is 1. The fourth-order valence-electron chi connectivity index (χ4n) is 6.36. The highest BCUT2D eigenvalue weighted by Crippen LogP contribution is 2.46. The molecule has 0 saturated carbocycles. The van der Waals surface area contributed by atoms with E-state index < -0.39 is 47.1 Å². The Balaban J connectivity index is 1.41. The van der Waals surface area contributed by atoms with Crippen LogP contribution in [-0.2, 0) is 22.8 Å². The predicted octanol–water partition coefficient (Wildman–Crippen LogP) is 8.00. The van der Waals surface area contributed by atoms with Gasteiger partial charge in [0.1, 0.15) is 11.6 Å². The van der Waals surface area contributed by atoms with Crippen molar-refractivity contribution < 1.29 is 35.9 Å². The summed E-state index contributed by atoms with van der Waals surface area (Å²) in [5, 5.41) is 7.91. The highest BCUT2D eigenvalue weighted by molar-refractivity contribution is 6.30. The molecule has 2 fully saturated rings. The zero-order chi connectivity index (χ0) is 35.8. The van der Waals surface area contributed by atoms with Crippen molar-refractivity contribution in [3.63, 3.8) is 0 Å². The van der Waals surface area contributed by atoms with Crippen molar-refractivity contribution in [2.75, 3.05) is 37.7 Å². The lowest BCUT2D eigenvalue weighted by atomic mass is 9.94. The van der Waals surface area contributed by atoms with Gasteiger partial charge in [0.2, 0.25) is 0 Å². The predicted molar refractivity (Wildman–Crippen MR) is 177 cm³/mol. The van der Waals surface area contributed by atoms with Crippen molar-refractivity contribution >= 4 is 34.9 Å². The SMILES string of the molecule is CCOc1cc(C(F)(F)F)ccc1C1(C(=O)N2CCN(c3ccc(C(F)(F)F)cn3)CC2)NC(c2ccc(Cl)cc2)C(c2ccc(Cl)cc2)N1. The number of hydrogen-bond acceptors (Lipinski definition) is 6. The molecule has 4 aromatic rings. The second kappa shape index (κ2) is 13.9. The van der Waals surface area contributed by atoms with E-state index in [-0.39, 0.29) is 44.1 Å². The molecular formula is C35H31Cl2F6N5O2. The Morgan fingerprint density at radius 1 is 0.800 bits per heavy atom. The summed E-state index contributed by atoms with van der Waals surface area (Å²) in [6, 6.07) is 18.1. The molecule has 0 aliphatic carbocycles. The number of halogens is 8.